The van der Waals surface area contributed by atoms with Crippen LogP contribution in [0.2, 0.25) is 0 Å². The molecule has 3 N–H and O–H groups in total. The molecule has 96 valence electrons. The van der Waals surface area contributed by atoms with Crippen molar-refractivity contribution in [1.82, 2.24) is 5.16 Å². The van der Waals surface area contributed by atoms with E-state index in [1.165, 1.54) is 12.1 Å². The van der Waals surface area contributed by atoms with Crippen molar-refractivity contribution < 1.29 is 13.3 Å². The van der Waals surface area contributed by atoms with Crippen molar-refractivity contribution in [2.75, 3.05) is 11.1 Å². The maximum Gasteiger partial charge on any atom is 0.265 e. The molecule has 0 atom stereocenters. The van der Waals surface area contributed by atoms with Gasteiger partial charge in [0.15, 0.2) is 0 Å². The molecule has 1 aromatic heterocycles. The van der Waals surface area contributed by atoms with Gasteiger partial charge in [-0.3, -0.25) is 0 Å². The number of halogens is 2. The Kier molecular flexibility index (Phi) is 3.45. The highest BCUT2D eigenvalue weighted by molar-refractivity contribution is 5.58. The Labute approximate surface area is 103 Å². The maximum absolute atomic E-state index is 12.8. The van der Waals surface area contributed by atoms with Crippen LogP contribution in [0, 0.1) is 6.92 Å². The molecular weight excluding hydrogens is 240 g/mol. The van der Waals surface area contributed by atoms with Crippen molar-refractivity contribution in [3.63, 3.8) is 0 Å². The molecule has 0 unspecified atom stereocenters. The quantitative estimate of drug-likeness (QED) is 0.822. The Balaban J connectivity index is 2.13. The zero-order valence-electron chi connectivity index (χ0n) is 9.78. The second-order valence-corrected chi connectivity index (χ2v) is 3.93. The predicted molar refractivity (Wildman–Crippen MR) is 64.4 cm³/mol. The third-order valence-corrected chi connectivity index (χ3v) is 2.45. The fourth-order valence-corrected chi connectivity index (χ4v) is 1.61. The lowest BCUT2D eigenvalue weighted by molar-refractivity contribution is 0.152. The number of aromatic nitrogens is 1. The topological polar surface area (TPSA) is 64.1 Å². The number of benzene rings is 1. The van der Waals surface area contributed by atoms with Crippen LogP contribution in [0.1, 0.15) is 23.4 Å². The van der Waals surface area contributed by atoms with Crippen molar-refractivity contribution >= 4 is 11.4 Å². The third kappa shape index (κ3) is 2.77. The van der Waals surface area contributed by atoms with Crippen molar-refractivity contribution in [1.29, 1.82) is 0 Å². The van der Waals surface area contributed by atoms with Crippen LogP contribution in [0.3, 0.4) is 0 Å². The lowest BCUT2D eigenvalue weighted by Gasteiger charge is -2.11. The minimum absolute atomic E-state index is 0.116. The molecule has 0 aliphatic rings. The van der Waals surface area contributed by atoms with E-state index in [-0.39, 0.29) is 5.56 Å². The number of aryl methyl sites for hydroxylation is 1. The third-order valence-electron chi connectivity index (χ3n) is 2.45. The SMILES string of the molecule is Cc1cc(CNc2ccc(N)cc2C(F)F)no1. The van der Waals surface area contributed by atoms with E-state index in [0.717, 1.165) is 0 Å². The molecule has 4 nitrogen and oxygen atoms in total. The van der Waals surface area contributed by atoms with E-state index in [2.05, 4.69) is 10.5 Å². The Morgan fingerprint density at radius 3 is 2.78 bits per heavy atom. The van der Waals surface area contributed by atoms with Gasteiger partial charge in [0.1, 0.15) is 11.5 Å². The van der Waals surface area contributed by atoms with Gasteiger partial charge in [-0.1, -0.05) is 5.16 Å². The van der Waals surface area contributed by atoms with Gasteiger partial charge in [-0.05, 0) is 25.1 Å². The molecule has 0 fully saturated rings. The van der Waals surface area contributed by atoms with E-state index in [0.29, 0.717) is 29.4 Å². The summed E-state index contributed by atoms with van der Waals surface area (Å²) in [7, 11) is 0. The Morgan fingerprint density at radius 1 is 1.39 bits per heavy atom. The van der Waals surface area contributed by atoms with Crippen molar-refractivity contribution in [2.24, 2.45) is 0 Å². The summed E-state index contributed by atoms with van der Waals surface area (Å²) in [5.74, 6) is 0.679. The van der Waals surface area contributed by atoms with Gasteiger partial charge in [0, 0.05) is 23.0 Å². The minimum Gasteiger partial charge on any atom is -0.399 e. The molecule has 2 aromatic rings. The van der Waals surface area contributed by atoms with Gasteiger partial charge in [-0.2, -0.15) is 0 Å². The second kappa shape index (κ2) is 5.03. The molecule has 0 amide bonds. The molecule has 0 aliphatic heterocycles. The van der Waals surface area contributed by atoms with Gasteiger partial charge in [0.25, 0.3) is 6.43 Å². The van der Waals surface area contributed by atoms with Crippen LogP contribution in [0.15, 0.2) is 28.8 Å². The van der Waals surface area contributed by atoms with Crippen LogP contribution in [0.5, 0.6) is 0 Å². The largest absolute Gasteiger partial charge is 0.399 e. The average Bonchev–Trinajstić information content (AvgIpc) is 2.73. The monoisotopic (exact) mass is 253 g/mol. The zero-order chi connectivity index (χ0) is 13.1. The predicted octanol–water partition coefficient (Wildman–Crippen LogP) is 3.11. The highest BCUT2D eigenvalue weighted by Gasteiger charge is 2.13. The van der Waals surface area contributed by atoms with Crippen LogP contribution in [0.4, 0.5) is 20.2 Å². The van der Waals surface area contributed by atoms with Crippen molar-refractivity contribution in [2.45, 2.75) is 19.9 Å². The number of nitrogens with one attached hydrogen (secondary N) is 1. The highest BCUT2D eigenvalue weighted by Crippen LogP contribution is 2.29. The second-order valence-electron chi connectivity index (χ2n) is 3.93. The van der Waals surface area contributed by atoms with Gasteiger partial charge >= 0.3 is 0 Å². The summed E-state index contributed by atoms with van der Waals surface area (Å²) in [5.41, 5.74) is 6.69. The number of hydrogen-bond acceptors (Lipinski definition) is 4. The Morgan fingerprint density at radius 2 is 2.17 bits per heavy atom. The molecule has 0 bridgehead atoms. The molecule has 18 heavy (non-hydrogen) atoms. The first-order chi connectivity index (χ1) is 8.56. The lowest BCUT2D eigenvalue weighted by atomic mass is 10.1. The maximum atomic E-state index is 12.8. The number of rotatable bonds is 4. The first-order valence-corrected chi connectivity index (χ1v) is 5.40. The van der Waals surface area contributed by atoms with Gasteiger partial charge in [-0.15, -0.1) is 0 Å². The van der Waals surface area contributed by atoms with E-state index in [4.69, 9.17) is 10.3 Å². The summed E-state index contributed by atoms with van der Waals surface area (Å²) in [6, 6.07) is 6.11. The number of hydrogen-bond donors (Lipinski definition) is 2. The zero-order valence-corrected chi connectivity index (χ0v) is 9.78. The standard InChI is InChI=1S/C12H13F2N3O/c1-7-4-9(17-18-7)6-16-11-3-2-8(15)5-10(11)12(13)14/h2-5,12,16H,6,15H2,1H3. The minimum atomic E-state index is -2.57. The number of nitrogens with two attached hydrogens (primary N) is 1. The van der Waals surface area contributed by atoms with Crippen LogP contribution < -0.4 is 11.1 Å². The molecule has 0 radical (unpaired) electrons. The first kappa shape index (κ1) is 12.3. The molecule has 0 saturated heterocycles. The molecule has 6 heteroatoms. The van der Waals surface area contributed by atoms with E-state index >= 15 is 0 Å². The molecule has 0 spiro atoms. The molecular formula is C12H13F2N3O. The number of nitrogens with zero attached hydrogens (tertiary/aromatic N) is 1. The Hall–Kier alpha value is -2.11. The number of anilines is 2. The number of nitrogen functional groups attached to an aromatic ring is 1. The summed E-state index contributed by atoms with van der Waals surface area (Å²) in [6.45, 7) is 2.09. The van der Waals surface area contributed by atoms with Gasteiger partial charge in [0.05, 0.1) is 6.54 Å². The summed E-state index contributed by atoms with van der Waals surface area (Å²) in [5, 5.41) is 6.67. The highest BCUT2D eigenvalue weighted by atomic mass is 19.3. The van der Waals surface area contributed by atoms with Gasteiger partial charge in [0.2, 0.25) is 0 Å². The van der Waals surface area contributed by atoms with Crippen molar-refractivity contribution in [3.05, 3.63) is 41.3 Å². The molecule has 0 aliphatic carbocycles. The van der Waals surface area contributed by atoms with E-state index in [9.17, 15) is 8.78 Å². The van der Waals surface area contributed by atoms with E-state index < -0.39 is 6.43 Å². The first-order valence-electron chi connectivity index (χ1n) is 5.40. The van der Waals surface area contributed by atoms with Gasteiger partial charge < -0.3 is 15.6 Å². The number of alkyl halides is 2. The fraction of sp³-hybridized carbons (Fsp3) is 0.250. The van der Waals surface area contributed by atoms with Crippen LogP contribution in [-0.4, -0.2) is 5.16 Å². The van der Waals surface area contributed by atoms with Crippen LogP contribution in [-0.2, 0) is 6.54 Å². The summed E-state index contributed by atoms with van der Waals surface area (Å²) in [6.07, 6.45) is -2.57. The summed E-state index contributed by atoms with van der Waals surface area (Å²) < 4.78 is 30.5. The van der Waals surface area contributed by atoms with E-state index in [1.54, 1.807) is 19.1 Å². The normalized spacial score (nSPS) is 10.9. The van der Waals surface area contributed by atoms with E-state index in [1.807, 2.05) is 0 Å². The fourth-order valence-electron chi connectivity index (χ4n) is 1.61. The van der Waals surface area contributed by atoms with Crippen molar-refractivity contribution in [3.8, 4) is 0 Å². The summed E-state index contributed by atoms with van der Waals surface area (Å²) in [4.78, 5) is 0. The average molecular weight is 253 g/mol. The van der Waals surface area contributed by atoms with Gasteiger partial charge in [-0.25, -0.2) is 8.78 Å². The Bertz CT molecular complexity index is 540. The van der Waals surface area contributed by atoms with Crippen LogP contribution >= 0.6 is 0 Å². The lowest BCUT2D eigenvalue weighted by Crippen LogP contribution is -2.03. The summed E-state index contributed by atoms with van der Waals surface area (Å²) >= 11 is 0. The molecule has 2 rings (SSSR count). The van der Waals surface area contributed by atoms with Crippen LogP contribution in [0.25, 0.3) is 0 Å². The molecule has 1 heterocycles. The smallest absolute Gasteiger partial charge is 0.265 e. The molecule has 0 saturated carbocycles. The molecule has 1 aromatic carbocycles.